The highest BCUT2D eigenvalue weighted by atomic mass is 14.9. The summed E-state index contributed by atoms with van der Waals surface area (Å²) in [4.78, 5) is 13.4. The molecule has 0 amide bonds. The first kappa shape index (κ1) is 13.6. The second-order valence-electron chi connectivity index (χ2n) is 4.66. The predicted molar refractivity (Wildman–Crippen MR) is 77.0 cm³/mol. The summed E-state index contributed by atoms with van der Waals surface area (Å²) in [5, 5.41) is 3.20. The van der Waals surface area contributed by atoms with E-state index < -0.39 is 0 Å². The van der Waals surface area contributed by atoms with Crippen molar-refractivity contribution in [1.82, 2.24) is 20.3 Å². The van der Waals surface area contributed by atoms with Gasteiger partial charge in [-0.3, -0.25) is 4.98 Å². The van der Waals surface area contributed by atoms with Crippen LogP contribution in [0, 0.1) is 6.92 Å². The third-order valence-corrected chi connectivity index (χ3v) is 3.14. The van der Waals surface area contributed by atoms with Crippen LogP contribution in [0.1, 0.15) is 30.8 Å². The van der Waals surface area contributed by atoms with E-state index in [2.05, 4.69) is 22.2 Å². The first-order valence-electron chi connectivity index (χ1n) is 6.65. The van der Waals surface area contributed by atoms with E-state index in [-0.39, 0.29) is 0 Å². The minimum Gasteiger partial charge on any atom is -0.319 e. The molecule has 0 fully saturated rings. The molecule has 4 nitrogen and oxygen atoms in total. The number of nitrogens with one attached hydrogen (secondary N) is 1. The van der Waals surface area contributed by atoms with Crippen LogP contribution in [0.2, 0.25) is 0 Å². The fourth-order valence-electron chi connectivity index (χ4n) is 2.10. The summed E-state index contributed by atoms with van der Waals surface area (Å²) in [5.41, 5.74) is 2.98. The quantitative estimate of drug-likeness (QED) is 0.893. The lowest BCUT2D eigenvalue weighted by atomic mass is 10.0. The zero-order valence-electron chi connectivity index (χ0n) is 11.7. The van der Waals surface area contributed by atoms with Crippen LogP contribution in [-0.2, 0) is 0 Å². The minimum atomic E-state index is 0.348. The molecule has 2 aromatic heterocycles. The predicted octanol–water partition coefficient (Wildman–Crippen LogP) is 2.56. The molecule has 4 heteroatoms. The van der Waals surface area contributed by atoms with Gasteiger partial charge < -0.3 is 5.32 Å². The van der Waals surface area contributed by atoms with Gasteiger partial charge in [0.25, 0.3) is 0 Å². The van der Waals surface area contributed by atoms with Gasteiger partial charge in [-0.2, -0.15) is 0 Å². The molecular formula is C15H20N4. The van der Waals surface area contributed by atoms with Crippen molar-refractivity contribution < 1.29 is 0 Å². The number of nitrogens with zero attached hydrogens (tertiary/aromatic N) is 3. The molecule has 1 unspecified atom stereocenters. The molecule has 2 heterocycles. The Labute approximate surface area is 114 Å². The van der Waals surface area contributed by atoms with Gasteiger partial charge in [0.15, 0.2) is 0 Å². The molecule has 0 aromatic carbocycles. The molecule has 100 valence electrons. The van der Waals surface area contributed by atoms with Gasteiger partial charge in [0, 0.05) is 36.1 Å². The summed E-state index contributed by atoms with van der Waals surface area (Å²) in [7, 11) is 1.96. The number of aryl methyl sites for hydroxylation is 1. The van der Waals surface area contributed by atoms with Crippen LogP contribution in [0.3, 0.4) is 0 Å². The van der Waals surface area contributed by atoms with Crippen LogP contribution in [0.15, 0.2) is 30.6 Å². The Kier molecular flexibility index (Phi) is 4.58. The Balaban J connectivity index is 2.39. The summed E-state index contributed by atoms with van der Waals surface area (Å²) in [6.45, 7) is 5.07. The molecule has 0 aliphatic heterocycles. The Morgan fingerprint density at radius 3 is 2.79 bits per heavy atom. The average Bonchev–Trinajstić information content (AvgIpc) is 2.45. The Hall–Kier alpha value is -1.81. The van der Waals surface area contributed by atoms with Crippen molar-refractivity contribution in [2.75, 3.05) is 13.6 Å². The van der Waals surface area contributed by atoms with E-state index in [1.165, 1.54) is 0 Å². The van der Waals surface area contributed by atoms with Crippen molar-refractivity contribution >= 4 is 0 Å². The Morgan fingerprint density at radius 1 is 1.32 bits per heavy atom. The van der Waals surface area contributed by atoms with Gasteiger partial charge in [-0.05, 0) is 38.6 Å². The summed E-state index contributed by atoms with van der Waals surface area (Å²) >= 11 is 0. The Morgan fingerprint density at radius 2 is 2.16 bits per heavy atom. The lowest BCUT2D eigenvalue weighted by Gasteiger charge is -2.14. The number of aromatic nitrogens is 3. The molecule has 0 saturated carbocycles. The van der Waals surface area contributed by atoms with E-state index in [9.17, 15) is 0 Å². The maximum absolute atomic E-state index is 4.70. The average molecular weight is 256 g/mol. The summed E-state index contributed by atoms with van der Waals surface area (Å²) in [6.07, 6.45) is 4.63. The SMILES string of the molecule is CCC(CNC)c1nc(C)cc(-c2cccnc2)n1. The van der Waals surface area contributed by atoms with Crippen LogP contribution in [0.5, 0.6) is 0 Å². The zero-order chi connectivity index (χ0) is 13.7. The molecule has 1 atom stereocenters. The molecule has 1 N–H and O–H groups in total. The number of hydrogen-bond donors (Lipinski definition) is 1. The second kappa shape index (κ2) is 6.38. The highest BCUT2D eigenvalue weighted by Crippen LogP contribution is 2.21. The summed E-state index contributed by atoms with van der Waals surface area (Å²) < 4.78 is 0. The third kappa shape index (κ3) is 3.35. The van der Waals surface area contributed by atoms with Crippen molar-refractivity contribution in [1.29, 1.82) is 0 Å². The van der Waals surface area contributed by atoms with Crippen LogP contribution in [-0.4, -0.2) is 28.5 Å². The van der Waals surface area contributed by atoms with Gasteiger partial charge in [-0.25, -0.2) is 9.97 Å². The molecule has 0 saturated heterocycles. The lowest BCUT2D eigenvalue weighted by molar-refractivity contribution is 0.579. The zero-order valence-corrected chi connectivity index (χ0v) is 11.7. The molecule has 2 aromatic rings. The van der Waals surface area contributed by atoms with E-state index in [0.717, 1.165) is 35.7 Å². The summed E-state index contributed by atoms with van der Waals surface area (Å²) in [5.74, 6) is 1.26. The topological polar surface area (TPSA) is 50.7 Å². The monoisotopic (exact) mass is 256 g/mol. The highest BCUT2D eigenvalue weighted by molar-refractivity contribution is 5.57. The van der Waals surface area contributed by atoms with E-state index in [4.69, 9.17) is 4.98 Å². The molecule has 0 radical (unpaired) electrons. The molecule has 0 spiro atoms. The van der Waals surface area contributed by atoms with Gasteiger partial charge in [-0.1, -0.05) is 6.92 Å². The van der Waals surface area contributed by atoms with Gasteiger partial charge in [0.2, 0.25) is 0 Å². The van der Waals surface area contributed by atoms with E-state index >= 15 is 0 Å². The fraction of sp³-hybridized carbons (Fsp3) is 0.400. The van der Waals surface area contributed by atoms with Crippen LogP contribution >= 0.6 is 0 Å². The third-order valence-electron chi connectivity index (χ3n) is 3.14. The van der Waals surface area contributed by atoms with Gasteiger partial charge >= 0.3 is 0 Å². The fourth-order valence-corrected chi connectivity index (χ4v) is 2.10. The molecule has 0 aliphatic rings. The normalized spacial score (nSPS) is 12.4. The maximum atomic E-state index is 4.70. The maximum Gasteiger partial charge on any atom is 0.133 e. The van der Waals surface area contributed by atoms with Crippen LogP contribution in [0.25, 0.3) is 11.3 Å². The van der Waals surface area contributed by atoms with E-state index in [1.807, 2.05) is 38.4 Å². The van der Waals surface area contributed by atoms with Crippen LogP contribution < -0.4 is 5.32 Å². The van der Waals surface area contributed by atoms with Crippen molar-refractivity contribution in [3.05, 3.63) is 42.1 Å². The Bertz CT molecular complexity index is 525. The number of likely N-dealkylation sites (N-methyl/N-ethyl adjacent to an activating group) is 1. The van der Waals surface area contributed by atoms with Gasteiger partial charge in [0.05, 0.1) is 5.69 Å². The van der Waals surface area contributed by atoms with Crippen molar-refractivity contribution in [3.63, 3.8) is 0 Å². The highest BCUT2D eigenvalue weighted by Gasteiger charge is 2.13. The van der Waals surface area contributed by atoms with Crippen molar-refractivity contribution in [2.24, 2.45) is 0 Å². The molecule has 19 heavy (non-hydrogen) atoms. The number of pyridine rings is 1. The first-order valence-corrected chi connectivity index (χ1v) is 6.65. The van der Waals surface area contributed by atoms with Crippen molar-refractivity contribution in [2.45, 2.75) is 26.2 Å². The van der Waals surface area contributed by atoms with Crippen molar-refractivity contribution in [3.8, 4) is 11.3 Å². The van der Waals surface area contributed by atoms with Crippen LogP contribution in [0.4, 0.5) is 0 Å². The molecule has 0 bridgehead atoms. The molecular weight excluding hydrogens is 236 g/mol. The summed E-state index contributed by atoms with van der Waals surface area (Å²) in [6, 6.07) is 5.96. The largest absolute Gasteiger partial charge is 0.319 e. The molecule has 2 rings (SSSR count). The number of rotatable bonds is 5. The van der Waals surface area contributed by atoms with E-state index in [1.54, 1.807) is 6.20 Å². The standard InChI is InChI=1S/C15H20N4/c1-4-12(9-16-3)15-18-11(2)8-14(19-15)13-6-5-7-17-10-13/h5-8,10,12,16H,4,9H2,1-3H3. The van der Waals surface area contributed by atoms with E-state index in [0.29, 0.717) is 5.92 Å². The minimum absolute atomic E-state index is 0.348. The lowest BCUT2D eigenvalue weighted by Crippen LogP contribution is -2.19. The molecule has 0 aliphatic carbocycles. The number of hydrogen-bond acceptors (Lipinski definition) is 4. The van der Waals surface area contributed by atoms with Gasteiger partial charge in [-0.15, -0.1) is 0 Å². The first-order chi connectivity index (χ1) is 9.24. The van der Waals surface area contributed by atoms with Gasteiger partial charge in [0.1, 0.15) is 5.82 Å². The smallest absolute Gasteiger partial charge is 0.133 e. The second-order valence-corrected chi connectivity index (χ2v) is 4.66.